The summed E-state index contributed by atoms with van der Waals surface area (Å²) in [7, 11) is 0. The van der Waals surface area contributed by atoms with E-state index in [9.17, 15) is 9.59 Å². The number of aromatic nitrogens is 1. The molecule has 7 nitrogen and oxygen atoms in total. The Labute approximate surface area is 195 Å². The van der Waals surface area contributed by atoms with Crippen LogP contribution in [0.15, 0.2) is 76.7 Å². The molecule has 33 heavy (non-hydrogen) atoms. The van der Waals surface area contributed by atoms with Crippen LogP contribution >= 0.6 is 11.3 Å². The molecule has 0 saturated heterocycles. The number of anilines is 1. The van der Waals surface area contributed by atoms with E-state index in [1.807, 2.05) is 48.7 Å². The zero-order valence-corrected chi connectivity index (χ0v) is 18.9. The molecular weight excluding hydrogens is 438 g/mol. The van der Waals surface area contributed by atoms with Gasteiger partial charge >= 0.3 is 0 Å². The van der Waals surface area contributed by atoms with E-state index in [1.54, 1.807) is 24.3 Å². The maximum atomic E-state index is 12.4. The number of carbonyl (C=O) groups excluding carboxylic acids is 2. The Morgan fingerprint density at radius 2 is 1.88 bits per heavy atom. The van der Waals surface area contributed by atoms with Gasteiger partial charge in [0.15, 0.2) is 5.76 Å². The Morgan fingerprint density at radius 1 is 1.06 bits per heavy atom. The van der Waals surface area contributed by atoms with E-state index in [-0.39, 0.29) is 24.0 Å². The fourth-order valence-corrected chi connectivity index (χ4v) is 4.02. The predicted octanol–water partition coefficient (Wildman–Crippen LogP) is 4.91. The van der Waals surface area contributed by atoms with Gasteiger partial charge in [-0.1, -0.05) is 24.3 Å². The average molecular weight is 462 g/mol. The van der Waals surface area contributed by atoms with Crippen LogP contribution in [0.3, 0.4) is 0 Å². The number of furan rings is 1. The van der Waals surface area contributed by atoms with E-state index >= 15 is 0 Å². The molecule has 2 heterocycles. The highest BCUT2D eigenvalue weighted by molar-refractivity contribution is 7.13. The maximum absolute atomic E-state index is 12.4. The summed E-state index contributed by atoms with van der Waals surface area (Å²) in [6.07, 6.45) is 1.65. The molecule has 0 bridgehead atoms. The van der Waals surface area contributed by atoms with E-state index in [4.69, 9.17) is 9.15 Å². The summed E-state index contributed by atoms with van der Waals surface area (Å²) in [5.41, 5.74) is 3.21. The Balaban J connectivity index is 1.29. The van der Waals surface area contributed by atoms with E-state index in [1.165, 1.54) is 17.6 Å². The molecule has 4 rings (SSSR count). The van der Waals surface area contributed by atoms with Crippen LogP contribution in [-0.2, 0) is 17.8 Å². The van der Waals surface area contributed by atoms with Gasteiger partial charge in [0.05, 0.1) is 30.5 Å². The Morgan fingerprint density at radius 3 is 2.64 bits per heavy atom. The number of amides is 2. The number of nitrogens with one attached hydrogen (secondary N) is 2. The molecule has 0 fully saturated rings. The van der Waals surface area contributed by atoms with Crippen LogP contribution in [0.4, 0.5) is 5.69 Å². The lowest BCUT2D eigenvalue weighted by molar-refractivity contribution is -0.120. The quantitative estimate of drug-likeness (QED) is 0.369. The van der Waals surface area contributed by atoms with Gasteiger partial charge in [0, 0.05) is 17.6 Å². The second-order valence-corrected chi connectivity index (χ2v) is 8.01. The summed E-state index contributed by atoms with van der Waals surface area (Å²) in [6.45, 7) is 2.91. The number of para-hydroxylation sites is 1. The molecule has 2 N–H and O–H groups in total. The second kappa shape index (κ2) is 10.6. The summed E-state index contributed by atoms with van der Waals surface area (Å²) in [4.78, 5) is 29.0. The van der Waals surface area contributed by atoms with Crippen molar-refractivity contribution in [3.8, 4) is 16.3 Å². The summed E-state index contributed by atoms with van der Waals surface area (Å²) in [5, 5.41) is 8.39. The fraction of sp³-hybridized carbons (Fsp3) is 0.160. The van der Waals surface area contributed by atoms with Gasteiger partial charge in [0.25, 0.3) is 5.91 Å². The summed E-state index contributed by atoms with van der Waals surface area (Å²) in [5.74, 6) is 0.611. The van der Waals surface area contributed by atoms with Crippen LogP contribution in [0.5, 0.6) is 5.75 Å². The van der Waals surface area contributed by atoms with Crippen molar-refractivity contribution in [1.82, 2.24) is 10.3 Å². The monoisotopic (exact) mass is 461 g/mol. The molecule has 0 aliphatic carbocycles. The van der Waals surface area contributed by atoms with Crippen LogP contribution in [0.25, 0.3) is 10.6 Å². The number of rotatable bonds is 9. The van der Waals surface area contributed by atoms with Gasteiger partial charge in [-0.25, -0.2) is 4.98 Å². The van der Waals surface area contributed by atoms with E-state index in [2.05, 4.69) is 15.6 Å². The molecule has 2 aromatic heterocycles. The summed E-state index contributed by atoms with van der Waals surface area (Å²) >= 11 is 1.49. The number of ether oxygens (including phenoxy) is 1. The van der Waals surface area contributed by atoms with Crippen molar-refractivity contribution in [1.29, 1.82) is 0 Å². The normalized spacial score (nSPS) is 10.6. The van der Waals surface area contributed by atoms with Gasteiger partial charge in [-0.15, -0.1) is 11.3 Å². The number of benzene rings is 2. The lowest BCUT2D eigenvalue weighted by Gasteiger charge is -2.07. The van der Waals surface area contributed by atoms with Crippen LogP contribution in [0, 0.1) is 0 Å². The van der Waals surface area contributed by atoms with E-state index in [0.717, 1.165) is 27.6 Å². The molecule has 0 aliphatic rings. The molecule has 168 valence electrons. The highest BCUT2D eigenvalue weighted by Crippen LogP contribution is 2.32. The first-order chi connectivity index (χ1) is 16.1. The number of nitrogens with zero attached hydrogens (tertiary/aromatic N) is 1. The predicted molar refractivity (Wildman–Crippen MR) is 127 cm³/mol. The van der Waals surface area contributed by atoms with Crippen molar-refractivity contribution in [3.63, 3.8) is 0 Å². The van der Waals surface area contributed by atoms with Crippen molar-refractivity contribution in [2.24, 2.45) is 0 Å². The summed E-state index contributed by atoms with van der Waals surface area (Å²) in [6, 6.07) is 18.3. The minimum absolute atomic E-state index is 0.111. The zero-order chi connectivity index (χ0) is 23.0. The van der Waals surface area contributed by atoms with Gasteiger partial charge in [0.1, 0.15) is 10.8 Å². The van der Waals surface area contributed by atoms with Gasteiger partial charge in [-0.3, -0.25) is 9.59 Å². The van der Waals surface area contributed by atoms with Crippen molar-refractivity contribution < 1.29 is 18.7 Å². The SMILES string of the molecule is CCOc1ccccc1-c1nc(CC(=O)NCc2ccc(NC(=O)c3ccco3)cc2)cs1. The van der Waals surface area contributed by atoms with Crippen molar-refractivity contribution in [2.75, 3.05) is 11.9 Å². The third-order valence-electron chi connectivity index (χ3n) is 4.76. The minimum atomic E-state index is -0.312. The topological polar surface area (TPSA) is 93.5 Å². The number of hydrogen-bond donors (Lipinski definition) is 2. The van der Waals surface area contributed by atoms with Gasteiger partial charge in [0.2, 0.25) is 5.91 Å². The highest BCUT2D eigenvalue weighted by atomic mass is 32.1. The van der Waals surface area contributed by atoms with Crippen LogP contribution in [-0.4, -0.2) is 23.4 Å². The van der Waals surface area contributed by atoms with Crippen LogP contribution < -0.4 is 15.4 Å². The van der Waals surface area contributed by atoms with Crippen LogP contribution in [0.1, 0.15) is 28.7 Å². The van der Waals surface area contributed by atoms with Gasteiger partial charge in [-0.05, 0) is 48.9 Å². The minimum Gasteiger partial charge on any atom is -0.493 e. The Kier molecular flexibility index (Phi) is 7.16. The zero-order valence-electron chi connectivity index (χ0n) is 18.0. The molecule has 0 saturated carbocycles. The second-order valence-electron chi connectivity index (χ2n) is 7.16. The number of thiazole rings is 1. The first-order valence-electron chi connectivity index (χ1n) is 10.5. The molecule has 0 spiro atoms. The first-order valence-corrected chi connectivity index (χ1v) is 11.4. The largest absolute Gasteiger partial charge is 0.493 e. The molecule has 0 unspecified atom stereocenters. The van der Waals surface area contributed by atoms with Crippen molar-refractivity contribution in [2.45, 2.75) is 19.9 Å². The molecule has 0 radical (unpaired) electrons. The first kappa shape index (κ1) is 22.3. The molecule has 2 amide bonds. The lowest BCUT2D eigenvalue weighted by Crippen LogP contribution is -2.24. The number of hydrogen-bond acceptors (Lipinski definition) is 6. The van der Waals surface area contributed by atoms with Gasteiger partial charge in [-0.2, -0.15) is 0 Å². The molecule has 2 aromatic carbocycles. The standard InChI is InChI=1S/C25H23N3O4S/c1-2-31-21-7-4-3-6-20(21)25-28-19(16-33-25)14-23(29)26-15-17-9-11-18(12-10-17)27-24(30)22-8-5-13-32-22/h3-13,16H,2,14-15H2,1H3,(H,26,29)(H,27,30). The van der Waals surface area contributed by atoms with E-state index in [0.29, 0.717) is 18.8 Å². The Bertz CT molecular complexity index is 1220. The third kappa shape index (κ3) is 5.87. The van der Waals surface area contributed by atoms with Gasteiger partial charge < -0.3 is 19.8 Å². The molecule has 0 atom stereocenters. The summed E-state index contributed by atoms with van der Waals surface area (Å²) < 4.78 is 10.8. The maximum Gasteiger partial charge on any atom is 0.291 e. The molecule has 4 aromatic rings. The van der Waals surface area contributed by atoms with Crippen molar-refractivity contribution in [3.05, 3.63) is 89.3 Å². The smallest absolute Gasteiger partial charge is 0.291 e. The van der Waals surface area contributed by atoms with E-state index < -0.39 is 0 Å². The number of carbonyl (C=O) groups is 2. The third-order valence-corrected chi connectivity index (χ3v) is 5.68. The fourth-order valence-electron chi connectivity index (χ4n) is 3.17. The average Bonchev–Trinajstić information content (AvgIpc) is 3.52. The Hall–Kier alpha value is -3.91. The molecule has 0 aliphatic heterocycles. The lowest BCUT2D eigenvalue weighted by atomic mass is 10.2. The van der Waals surface area contributed by atoms with Crippen molar-refractivity contribution >= 4 is 28.8 Å². The highest BCUT2D eigenvalue weighted by Gasteiger charge is 2.13. The molecular formula is C25H23N3O4S. The molecule has 8 heteroatoms. The van der Waals surface area contributed by atoms with Crippen LogP contribution in [0.2, 0.25) is 0 Å².